The van der Waals surface area contributed by atoms with E-state index >= 15 is 0 Å². The number of hydrogen-bond donors (Lipinski definition) is 1. The summed E-state index contributed by atoms with van der Waals surface area (Å²) in [5, 5.41) is 11.2. The quantitative estimate of drug-likeness (QED) is 0.686. The number of carbonyl (C=O) groups excluding carboxylic acids is 1. The zero-order valence-electron chi connectivity index (χ0n) is 15.2. The molecule has 7 heteroatoms. The lowest BCUT2D eigenvalue weighted by molar-refractivity contribution is 0.102. The highest BCUT2D eigenvalue weighted by molar-refractivity contribution is 9.10. The van der Waals surface area contributed by atoms with Crippen LogP contribution >= 0.6 is 15.9 Å². The molecular formula is C20H20BrN5O. The normalized spacial score (nSPS) is 12.9. The summed E-state index contributed by atoms with van der Waals surface area (Å²) < 4.78 is 2.61. The Balaban J connectivity index is 1.58. The summed E-state index contributed by atoms with van der Waals surface area (Å²) in [6, 6.07) is 13.8. The van der Waals surface area contributed by atoms with Crippen molar-refractivity contribution in [1.29, 1.82) is 0 Å². The Morgan fingerprint density at radius 1 is 1.26 bits per heavy atom. The van der Waals surface area contributed by atoms with Gasteiger partial charge in [0.15, 0.2) is 5.69 Å². The number of carbonyl (C=O) groups is 1. The molecule has 0 spiro atoms. The molecule has 1 N–H and O–H groups in total. The first-order valence-corrected chi connectivity index (χ1v) is 9.73. The maximum absolute atomic E-state index is 12.7. The molecule has 0 atom stereocenters. The fourth-order valence-electron chi connectivity index (χ4n) is 3.43. The summed E-state index contributed by atoms with van der Waals surface area (Å²) in [5.41, 5.74) is 5.17. The van der Waals surface area contributed by atoms with Crippen molar-refractivity contribution in [2.45, 2.75) is 20.3 Å². The Kier molecular flexibility index (Phi) is 4.70. The lowest BCUT2D eigenvalue weighted by Crippen LogP contribution is -2.19. The number of aromatic nitrogens is 3. The maximum atomic E-state index is 12.7. The van der Waals surface area contributed by atoms with Crippen molar-refractivity contribution in [2.24, 2.45) is 0 Å². The zero-order valence-corrected chi connectivity index (χ0v) is 16.8. The average Bonchev–Trinajstić information content (AvgIpc) is 3.24. The van der Waals surface area contributed by atoms with Crippen molar-refractivity contribution in [3.63, 3.8) is 0 Å². The summed E-state index contributed by atoms with van der Waals surface area (Å²) in [7, 11) is 0. The van der Waals surface area contributed by atoms with E-state index in [0.29, 0.717) is 11.4 Å². The number of nitrogens with one attached hydrogen (secondary N) is 1. The van der Waals surface area contributed by atoms with Gasteiger partial charge in [0, 0.05) is 28.9 Å². The van der Waals surface area contributed by atoms with Crippen LogP contribution in [-0.4, -0.2) is 34.0 Å². The van der Waals surface area contributed by atoms with E-state index in [1.165, 1.54) is 11.3 Å². The standard InChI is InChI=1S/C20H20BrN5O/c1-3-25-10-9-14-7-8-16(12-18(14)25)22-20(27)19-13(2)26(24-23-19)17-6-4-5-15(21)11-17/h4-8,11-12H,3,9-10H2,1-2H3,(H,22,27). The van der Waals surface area contributed by atoms with Crippen LogP contribution in [0.15, 0.2) is 46.9 Å². The van der Waals surface area contributed by atoms with Crippen LogP contribution in [0.4, 0.5) is 11.4 Å². The number of halogens is 1. The minimum absolute atomic E-state index is 0.255. The first-order valence-electron chi connectivity index (χ1n) is 8.94. The molecule has 138 valence electrons. The number of anilines is 2. The Labute approximate surface area is 166 Å². The number of fused-ring (bicyclic) bond motifs is 1. The van der Waals surface area contributed by atoms with Crippen molar-refractivity contribution in [2.75, 3.05) is 23.3 Å². The predicted molar refractivity (Wildman–Crippen MR) is 110 cm³/mol. The van der Waals surface area contributed by atoms with Crippen molar-refractivity contribution >= 4 is 33.2 Å². The van der Waals surface area contributed by atoms with Gasteiger partial charge in [-0.2, -0.15) is 0 Å². The molecule has 2 aromatic carbocycles. The number of rotatable bonds is 4. The fourth-order valence-corrected chi connectivity index (χ4v) is 3.82. The summed E-state index contributed by atoms with van der Waals surface area (Å²) in [4.78, 5) is 15.1. The molecule has 0 bridgehead atoms. The van der Waals surface area contributed by atoms with Crippen molar-refractivity contribution < 1.29 is 4.79 Å². The van der Waals surface area contributed by atoms with Crippen LogP contribution in [0.1, 0.15) is 28.7 Å². The van der Waals surface area contributed by atoms with Crippen LogP contribution in [0, 0.1) is 6.92 Å². The molecule has 0 aliphatic carbocycles. The molecule has 3 aromatic rings. The summed E-state index contributed by atoms with van der Waals surface area (Å²) in [5.74, 6) is -0.255. The SMILES string of the molecule is CCN1CCc2ccc(NC(=O)c3nnn(-c4cccc(Br)c4)c3C)cc21. The van der Waals surface area contributed by atoms with E-state index in [1.54, 1.807) is 4.68 Å². The smallest absolute Gasteiger partial charge is 0.278 e. The molecule has 1 amide bonds. The van der Waals surface area contributed by atoms with Gasteiger partial charge in [0.1, 0.15) is 0 Å². The largest absolute Gasteiger partial charge is 0.371 e. The minimum atomic E-state index is -0.255. The molecule has 1 aliphatic rings. The van der Waals surface area contributed by atoms with E-state index < -0.39 is 0 Å². The van der Waals surface area contributed by atoms with Crippen LogP contribution in [-0.2, 0) is 6.42 Å². The molecular weight excluding hydrogens is 406 g/mol. The second-order valence-corrected chi connectivity index (χ2v) is 7.46. The summed E-state index contributed by atoms with van der Waals surface area (Å²) >= 11 is 3.45. The van der Waals surface area contributed by atoms with Gasteiger partial charge in [-0.3, -0.25) is 4.79 Å². The topological polar surface area (TPSA) is 63.1 Å². The van der Waals surface area contributed by atoms with Crippen molar-refractivity contribution in [1.82, 2.24) is 15.0 Å². The molecule has 0 saturated carbocycles. The second-order valence-electron chi connectivity index (χ2n) is 6.54. The highest BCUT2D eigenvalue weighted by atomic mass is 79.9. The fraction of sp³-hybridized carbons (Fsp3) is 0.250. The predicted octanol–water partition coefficient (Wildman–Crippen LogP) is 3.97. The van der Waals surface area contributed by atoms with Crippen molar-refractivity contribution in [3.8, 4) is 5.69 Å². The summed E-state index contributed by atoms with van der Waals surface area (Å²) in [6.45, 7) is 5.98. The zero-order chi connectivity index (χ0) is 19.0. The second kappa shape index (κ2) is 7.15. The molecule has 0 unspecified atom stereocenters. The number of hydrogen-bond acceptors (Lipinski definition) is 4. The lowest BCUT2D eigenvalue weighted by atomic mass is 10.1. The summed E-state index contributed by atoms with van der Waals surface area (Å²) in [6.07, 6.45) is 1.05. The van der Waals surface area contributed by atoms with Gasteiger partial charge in [-0.15, -0.1) is 5.10 Å². The van der Waals surface area contributed by atoms with Gasteiger partial charge < -0.3 is 10.2 Å². The van der Waals surface area contributed by atoms with Crippen LogP contribution in [0.5, 0.6) is 0 Å². The van der Waals surface area contributed by atoms with Gasteiger partial charge in [-0.1, -0.05) is 33.3 Å². The minimum Gasteiger partial charge on any atom is -0.371 e. The Morgan fingerprint density at radius 3 is 2.89 bits per heavy atom. The number of amides is 1. The van der Waals surface area contributed by atoms with Gasteiger partial charge in [0.05, 0.1) is 11.4 Å². The Bertz CT molecular complexity index is 1010. The third-order valence-corrected chi connectivity index (χ3v) is 5.37. The molecule has 2 heterocycles. The first-order chi connectivity index (χ1) is 13.1. The van der Waals surface area contributed by atoms with E-state index in [2.05, 4.69) is 49.4 Å². The molecule has 6 nitrogen and oxygen atoms in total. The molecule has 0 fully saturated rings. The van der Waals surface area contributed by atoms with Gasteiger partial charge in [-0.05, 0) is 56.2 Å². The van der Waals surface area contributed by atoms with E-state index in [9.17, 15) is 4.79 Å². The van der Waals surface area contributed by atoms with Gasteiger partial charge in [-0.25, -0.2) is 4.68 Å². The number of benzene rings is 2. The van der Waals surface area contributed by atoms with E-state index in [-0.39, 0.29) is 5.91 Å². The maximum Gasteiger partial charge on any atom is 0.278 e. The first kappa shape index (κ1) is 17.7. The van der Waals surface area contributed by atoms with Crippen LogP contribution < -0.4 is 10.2 Å². The van der Waals surface area contributed by atoms with Crippen LogP contribution in [0.2, 0.25) is 0 Å². The van der Waals surface area contributed by atoms with E-state index in [4.69, 9.17) is 0 Å². The average molecular weight is 426 g/mol. The van der Waals surface area contributed by atoms with Crippen LogP contribution in [0.25, 0.3) is 5.69 Å². The number of nitrogens with zero attached hydrogens (tertiary/aromatic N) is 4. The van der Waals surface area contributed by atoms with Gasteiger partial charge in [0.25, 0.3) is 5.91 Å². The Morgan fingerprint density at radius 2 is 2.11 bits per heavy atom. The van der Waals surface area contributed by atoms with Gasteiger partial charge in [0.2, 0.25) is 0 Å². The number of likely N-dealkylation sites (N-methyl/N-ethyl adjacent to an activating group) is 1. The molecule has 1 aliphatic heterocycles. The molecule has 0 saturated heterocycles. The molecule has 1 aromatic heterocycles. The van der Waals surface area contributed by atoms with E-state index in [0.717, 1.165) is 35.4 Å². The van der Waals surface area contributed by atoms with Gasteiger partial charge >= 0.3 is 0 Å². The monoisotopic (exact) mass is 425 g/mol. The molecule has 4 rings (SSSR count). The van der Waals surface area contributed by atoms with E-state index in [1.807, 2.05) is 43.3 Å². The third-order valence-electron chi connectivity index (χ3n) is 4.88. The highest BCUT2D eigenvalue weighted by Gasteiger charge is 2.20. The Hall–Kier alpha value is -2.67. The van der Waals surface area contributed by atoms with Crippen LogP contribution in [0.3, 0.4) is 0 Å². The lowest BCUT2D eigenvalue weighted by Gasteiger charge is -2.17. The molecule has 27 heavy (non-hydrogen) atoms. The van der Waals surface area contributed by atoms with Crippen molar-refractivity contribution in [3.05, 3.63) is 63.9 Å². The highest BCUT2D eigenvalue weighted by Crippen LogP contribution is 2.30. The molecule has 0 radical (unpaired) electrons. The third kappa shape index (κ3) is 3.35.